The molecule has 4 nitrogen and oxygen atoms in total. The van der Waals surface area contributed by atoms with E-state index in [1.165, 1.54) is 19.3 Å². The Morgan fingerprint density at radius 1 is 1.33 bits per heavy atom. The summed E-state index contributed by atoms with van der Waals surface area (Å²) >= 11 is 0. The van der Waals surface area contributed by atoms with Crippen LogP contribution in [0, 0.1) is 5.41 Å². The number of hydrogen-bond acceptors (Lipinski definition) is 3. The molecule has 4 heteroatoms. The highest BCUT2D eigenvalue weighted by atomic mass is 16.2. The minimum atomic E-state index is 0.0693. The van der Waals surface area contributed by atoms with E-state index in [0.29, 0.717) is 19.1 Å². The van der Waals surface area contributed by atoms with E-state index in [4.69, 9.17) is 5.73 Å². The molecule has 18 heavy (non-hydrogen) atoms. The smallest absolute Gasteiger partial charge is 0.234 e. The molecule has 0 aromatic rings. The van der Waals surface area contributed by atoms with Gasteiger partial charge in [-0.3, -0.25) is 9.69 Å². The van der Waals surface area contributed by atoms with Crippen LogP contribution in [0.5, 0.6) is 0 Å². The lowest BCUT2D eigenvalue weighted by Gasteiger charge is -2.29. The molecule has 0 bridgehead atoms. The van der Waals surface area contributed by atoms with Gasteiger partial charge in [-0.15, -0.1) is 0 Å². The van der Waals surface area contributed by atoms with Crippen LogP contribution >= 0.6 is 0 Å². The summed E-state index contributed by atoms with van der Waals surface area (Å²) in [6, 6.07) is 0.405. The normalized spacial score (nSPS) is 18.1. The van der Waals surface area contributed by atoms with Gasteiger partial charge in [0.15, 0.2) is 0 Å². The molecule has 1 fully saturated rings. The maximum atomic E-state index is 11.9. The lowest BCUT2D eigenvalue weighted by Crippen LogP contribution is -2.44. The number of amides is 1. The van der Waals surface area contributed by atoms with Crippen molar-refractivity contribution in [3.05, 3.63) is 0 Å². The van der Waals surface area contributed by atoms with E-state index in [9.17, 15) is 4.79 Å². The Balaban J connectivity index is 2.26. The highest BCUT2D eigenvalue weighted by Gasteiger charge is 2.21. The first-order chi connectivity index (χ1) is 8.43. The summed E-state index contributed by atoms with van der Waals surface area (Å²) in [5, 5.41) is 3.14. The van der Waals surface area contributed by atoms with Crippen molar-refractivity contribution in [1.29, 1.82) is 0 Å². The fourth-order valence-corrected chi connectivity index (χ4v) is 2.62. The maximum absolute atomic E-state index is 11.9. The van der Waals surface area contributed by atoms with Gasteiger partial charge in [0.25, 0.3) is 0 Å². The second-order valence-electron chi connectivity index (χ2n) is 6.44. The molecule has 0 aliphatic heterocycles. The summed E-state index contributed by atoms with van der Waals surface area (Å²) in [5.41, 5.74) is 5.78. The summed E-state index contributed by atoms with van der Waals surface area (Å²) in [7, 11) is 1.98. The van der Waals surface area contributed by atoms with Crippen LogP contribution in [0.25, 0.3) is 0 Å². The molecule has 106 valence electrons. The van der Waals surface area contributed by atoms with Crippen LogP contribution in [0.1, 0.15) is 46.0 Å². The van der Waals surface area contributed by atoms with Gasteiger partial charge < -0.3 is 11.1 Å². The molecule has 0 unspecified atom stereocenters. The first-order valence-corrected chi connectivity index (χ1v) is 7.11. The third-order valence-electron chi connectivity index (χ3n) is 3.63. The Morgan fingerprint density at radius 3 is 2.50 bits per heavy atom. The Hall–Kier alpha value is -0.610. The predicted octanol–water partition coefficient (Wildman–Crippen LogP) is 1.35. The largest absolute Gasteiger partial charge is 0.352 e. The maximum Gasteiger partial charge on any atom is 0.234 e. The fourth-order valence-electron chi connectivity index (χ4n) is 2.62. The third kappa shape index (κ3) is 5.83. The summed E-state index contributed by atoms with van der Waals surface area (Å²) in [5.74, 6) is 0.150. The van der Waals surface area contributed by atoms with Gasteiger partial charge in [0, 0.05) is 12.6 Å². The predicted molar refractivity (Wildman–Crippen MR) is 75.3 cm³/mol. The van der Waals surface area contributed by atoms with Gasteiger partial charge in [-0.25, -0.2) is 0 Å². The highest BCUT2D eigenvalue weighted by Crippen LogP contribution is 2.17. The SMILES string of the molecule is CN(CC(=O)NC1CCCCC1)CC(C)(C)CN. The van der Waals surface area contributed by atoms with Crippen LogP contribution in [-0.4, -0.2) is 43.5 Å². The first kappa shape index (κ1) is 15.4. The number of nitrogens with two attached hydrogens (primary N) is 1. The average molecular weight is 255 g/mol. The number of rotatable bonds is 6. The van der Waals surface area contributed by atoms with Gasteiger partial charge in [0.05, 0.1) is 6.54 Å². The first-order valence-electron chi connectivity index (χ1n) is 7.11. The van der Waals surface area contributed by atoms with Crippen LogP contribution in [0.3, 0.4) is 0 Å². The quantitative estimate of drug-likeness (QED) is 0.753. The van der Waals surface area contributed by atoms with E-state index in [0.717, 1.165) is 19.4 Å². The van der Waals surface area contributed by atoms with Crippen molar-refractivity contribution in [2.45, 2.75) is 52.0 Å². The third-order valence-corrected chi connectivity index (χ3v) is 3.63. The number of carbonyl (C=O) groups is 1. The molecule has 0 aromatic heterocycles. The van der Waals surface area contributed by atoms with Gasteiger partial charge in [-0.05, 0) is 31.8 Å². The zero-order chi connectivity index (χ0) is 13.6. The molecule has 0 aromatic carbocycles. The van der Waals surface area contributed by atoms with Gasteiger partial charge in [-0.1, -0.05) is 33.1 Å². The number of hydrogen-bond donors (Lipinski definition) is 2. The minimum Gasteiger partial charge on any atom is -0.352 e. The molecule has 0 saturated heterocycles. The van der Waals surface area contributed by atoms with Crippen molar-refractivity contribution in [3.63, 3.8) is 0 Å². The zero-order valence-corrected chi connectivity index (χ0v) is 12.2. The molecule has 1 amide bonds. The lowest BCUT2D eigenvalue weighted by atomic mass is 9.93. The second-order valence-corrected chi connectivity index (χ2v) is 6.44. The molecule has 0 spiro atoms. The van der Waals surface area contributed by atoms with Gasteiger partial charge in [0.1, 0.15) is 0 Å². The van der Waals surface area contributed by atoms with Crippen LogP contribution in [0.2, 0.25) is 0 Å². The van der Waals surface area contributed by atoms with E-state index in [2.05, 4.69) is 24.1 Å². The zero-order valence-electron chi connectivity index (χ0n) is 12.2. The molecule has 0 radical (unpaired) electrons. The van der Waals surface area contributed by atoms with Crippen molar-refractivity contribution in [2.75, 3.05) is 26.7 Å². The summed E-state index contributed by atoms with van der Waals surface area (Å²) < 4.78 is 0. The molecule has 3 N–H and O–H groups in total. The molecular weight excluding hydrogens is 226 g/mol. The average Bonchev–Trinajstić information content (AvgIpc) is 2.29. The number of carbonyl (C=O) groups excluding carboxylic acids is 1. The van der Waals surface area contributed by atoms with Crippen LogP contribution in [0.4, 0.5) is 0 Å². The molecule has 0 atom stereocenters. The number of nitrogens with one attached hydrogen (secondary N) is 1. The summed E-state index contributed by atoms with van der Waals surface area (Å²) in [4.78, 5) is 14.0. The minimum absolute atomic E-state index is 0.0693. The van der Waals surface area contributed by atoms with Crippen LogP contribution in [-0.2, 0) is 4.79 Å². The Morgan fingerprint density at radius 2 is 1.94 bits per heavy atom. The van der Waals surface area contributed by atoms with Crippen molar-refractivity contribution in [3.8, 4) is 0 Å². The number of likely N-dealkylation sites (N-methyl/N-ethyl adjacent to an activating group) is 1. The highest BCUT2D eigenvalue weighted by molar-refractivity contribution is 5.78. The monoisotopic (exact) mass is 255 g/mol. The van der Waals surface area contributed by atoms with Crippen molar-refractivity contribution in [1.82, 2.24) is 10.2 Å². The van der Waals surface area contributed by atoms with Crippen molar-refractivity contribution < 1.29 is 4.79 Å². The molecule has 0 heterocycles. The molecular formula is C14H29N3O. The van der Waals surface area contributed by atoms with E-state index in [-0.39, 0.29) is 11.3 Å². The molecule has 1 aliphatic rings. The summed E-state index contributed by atoms with van der Waals surface area (Å²) in [6.07, 6.45) is 6.10. The molecule has 1 rings (SSSR count). The number of nitrogens with zero attached hydrogens (tertiary/aromatic N) is 1. The Labute approximate surface area is 111 Å². The standard InChI is InChI=1S/C14H29N3O/c1-14(2,10-15)11-17(3)9-13(18)16-12-7-5-4-6-8-12/h12H,4-11,15H2,1-3H3,(H,16,18). The van der Waals surface area contributed by atoms with Crippen molar-refractivity contribution >= 4 is 5.91 Å². The Bertz CT molecular complexity index is 260. The van der Waals surface area contributed by atoms with Crippen LogP contribution < -0.4 is 11.1 Å². The van der Waals surface area contributed by atoms with E-state index >= 15 is 0 Å². The van der Waals surface area contributed by atoms with Crippen molar-refractivity contribution in [2.24, 2.45) is 11.1 Å². The summed E-state index contributed by atoms with van der Waals surface area (Å²) in [6.45, 7) is 6.22. The van der Waals surface area contributed by atoms with E-state index < -0.39 is 0 Å². The van der Waals surface area contributed by atoms with Gasteiger partial charge >= 0.3 is 0 Å². The van der Waals surface area contributed by atoms with E-state index in [1.807, 2.05) is 7.05 Å². The lowest BCUT2D eigenvalue weighted by molar-refractivity contribution is -0.123. The van der Waals surface area contributed by atoms with Gasteiger partial charge in [-0.2, -0.15) is 0 Å². The topological polar surface area (TPSA) is 58.4 Å². The van der Waals surface area contributed by atoms with Crippen LogP contribution in [0.15, 0.2) is 0 Å². The van der Waals surface area contributed by atoms with Gasteiger partial charge in [0.2, 0.25) is 5.91 Å². The second kappa shape index (κ2) is 7.10. The molecule has 1 saturated carbocycles. The Kier molecular flexibility index (Phi) is 6.09. The fraction of sp³-hybridized carbons (Fsp3) is 0.929. The van der Waals surface area contributed by atoms with E-state index in [1.54, 1.807) is 0 Å². The molecule has 1 aliphatic carbocycles.